The van der Waals surface area contributed by atoms with E-state index < -0.39 is 0 Å². The smallest absolute Gasteiger partial charge is 1.00 e. The van der Waals surface area contributed by atoms with Gasteiger partial charge in [0.25, 0.3) is 0 Å². The van der Waals surface area contributed by atoms with Gasteiger partial charge in [0.2, 0.25) is 0 Å². The second-order valence-corrected chi connectivity index (χ2v) is 8.32. The summed E-state index contributed by atoms with van der Waals surface area (Å²) in [6.45, 7) is 8.40. The second kappa shape index (κ2) is 20.0. The van der Waals surface area contributed by atoms with Crippen molar-refractivity contribution in [2.24, 2.45) is 0 Å². The number of fused-ring (bicyclic) bond motifs is 2. The molecule has 2 aliphatic carbocycles. The van der Waals surface area contributed by atoms with Crippen molar-refractivity contribution in [1.82, 2.24) is 0 Å². The molecule has 0 aliphatic heterocycles. The van der Waals surface area contributed by atoms with E-state index >= 15 is 0 Å². The Balaban J connectivity index is 0. The van der Waals surface area contributed by atoms with Gasteiger partial charge in [-0.15, -0.1) is 86.0 Å². The average Bonchev–Trinajstić information content (AvgIpc) is 3.57. The van der Waals surface area contributed by atoms with E-state index in [2.05, 4.69) is 125 Å². The van der Waals surface area contributed by atoms with Crippen molar-refractivity contribution in [3.05, 3.63) is 132 Å². The minimum absolute atomic E-state index is 0. The van der Waals surface area contributed by atoms with E-state index in [1.165, 1.54) is 43.8 Å². The summed E-state index contributed by atoms with van der Waals surface area (Å²) >= 11 is 0. The Hall–Kier alpha value is -1.03. The van der Waals surface area contributed by atoms with Gasteiger partial charge in [0.05, 0.1) is 0 Å². The van der Waals surface area contributed by atoms with Crippen molar-refractivity contribution in [2.45, 2.75) is 40.5 Å². The van der Waals surface area contributed by atoms with Crippen LogP contribution in [0.15, 0.2) is 108 Å². The van der Waals surface area contributed by atoms with Crippen molar-refractivity contribution < 1.29 is 77.2 Å². The minimum Gasteiger partial charge on any atom is -1.00 e. The van der Waals surface area contributed by atoms with Crippen LogP contribution in [0, 0.1) is 26.0 Å². The average molecular weight is 670 g/mol. The van der Waals surface area contributed by atoms with Crippen LogP contribution in [0.2, 0.25) is 0 Å². The second-order valence-electron chi connectivity index (χ2n) is 8.32. The van der Waals surface area contributed by atoms with Gasteiger partial charge in [-0.2, -0.15) is 47.2 Å². The molecule has 0 nitrogen and oxygen atoms in total. The van der Waals surface area contributed by atoms with Crippen LogP contribution in [-0.4, -0.2) is 0 Å². The zero-order valence-corrected chi connectivity index (χ0v) is 27.8. The summed E-state index contributed by atoms with van der Waals surface area (Å²) in [5.74, 6) is 0. The van der Waals surface area contributed by atoms with Crippen molar-refractivity contribution in [3.8, 4) is 0 Å². The first-order chi connectivity index (χ1) is 15.5. The fourth-order valence-electron chi connectivity index (χ4n) is 3.49. The van der Waals surface area contributed by atoms with Crippen LogP contribution in [0.25, 0.3) is 21.5 Å². The Labute approximate surface area is 268 Å². The topological polar surface area (TPSA) is 0 Å². The molecule has 0 saturated heterocycles. The van der Waals surface area contributed by atoms with Crippen LogP contribution >= 0.6 is 0 Å². The molecule has 2 aliphatic rings. The minimum atomic E-state index is 0. The van der Waals surface area contributed by atoms with Gasteiger partial charge in [-0.3, -0.25) is 12.2 Å². The number of hydrogen-bond donors (Lipinski definition) is 0. The monoisotopic (exact) mass is 666 g/mol. The van der Waals surface area contributed by atoms with Crippen LogP contribution in [0.1, 0.15) is 37.8 Å². The van der Waals surface area contributed by atoms with E-state index in [0.29, 0.717) is 0 Å². The maximum atomic E-state index is 3.05. The zero-order chi connectivity index (χ0) is 22.8. The summed E-state index contributed by atoms with van der Waals surface area (Å²) in [5.41, 5.74) is 5.35. The van der Waals surface area contributed by atoms with Gasteiger partial charge in [0.1, 0.15) is 0 Å². The van der Waals surface area contributed by atoms with E-state index in [1.54, 1.807) is 0 Å². The van der Waals surface area contributed by atoms with Crippen LogP contribution in [0.3, 0.4) is 0 Å². The van der Waals surface area contributed by atoms with Gasteiger partial charge in [-0.05, 0) is 13.8 Å². The maximum absolute atomic E-state index is 3.05. The Morgan fingerprint density at radius 1 is 0.583 bits per heavy atom. The molecular weight excluding hydrogens is 638 g/mol. The summed E-state index contributed by atoms with van der Waals surface area (Å²) in [7, 11) is 0. The van der Waals surface area contributed by atoms with Gasteiger partial charge in [-0.1, -0.05) is 11.1 Å². The Morgan fingerprint density at radius 3 is 1.25 bits per heavy atom. The summed E-state index contributed by atoms with van der Waals surface area (Å²) in [6, 6.07) is 25.7. The van der Waals surface area contributed by atoms with E-state index in [0.717, 1.165) is 12.8 Å². The van der Waals surface area contributed by atoms with Gasteiger partial charge in [0, 0.05) is 0 Å². The first-order valence-corrected chi connectivity index (χ1v) is 11.2. The molecule has 0 fully saturated rings. The Bertz CT molecular complexity index is 1160. The predicted molar refractivity (Wildman–Crippen MR) is 141 cm³/mol. The first kappa shape index (κ1) is 37.1. The number of allylic oxidation sites excluding steroid dienone is 8. The standard InChI is InChI=1S/2C10H9.2C6H7.2ClH.2Zr/c2*1-8-5-6-9-3-2-4-10(9)7-8;2*1-6-4-2-3-5-6;;;;/h2*2-7H,1H3;2*4-5H,2H2,1H3;2*1H;;/q4*-1;;;2*+2/p-2. The summed E-state index contributed by atoms with van der Waals surface area (Å²) in [5, 5.41) is 5.37. The molecule has 0 bridgehead atoms. The number of benzene rings is 2. The molecule has 4 heteroatoms. The number of aryl methyl sites for hydroxylation is 2. The molecule has 0 spiro atoms. The van der Waals surface area contributed by atoms with E-state index in [4.69, 9.17) is 0 Å². The SMILES string of the molecule is CC1=CC[C-]=C1.CC1=CC[C-]=C1.Cc1ccc2[cH-]ccc2c1.Cc1ccc2[cH-]ccc2c1.[Cl-].[Cl-].[Zr+2].[Zr+2]. The molecule has 0 saturated carbocycles. The van der Waals surface area contributed by atoms with Crippen LogP contribution < -0.4 is 24.8 Å². The van der Waals surface area contributed by atoms with Crippen molar-refractivity contribution in [1.29, 1.82) is 0 Å². The quantitative estimate of drug-likeness (QED) is 0.253. The molecule has 0 N–H and O–H groups in total. The van der Waals surface area contributed by atoms with Crippen LogP contribution in [0.5, 0.6) is 0 Å². The van der Waals surface area contributed by atoms with E-state index in [1.807, 2.05) is 12.2 Å². The number of halogens is 2. The van der Waals surface area contributed by atoms with E-state index in [-0.39, 0.29) is 77.2 Å². The first-order valence-electron chi connectivity index (χ1n) is 11.2. The van der Waals surface area contributed by atoms with Gasteiger partial charge < -0.3 is 24.8 Å². The zero-order valence-electron chi connectivity index (χ0n) is 21.4. The summed E-state index contributed by atoms with van der Waals surface area (Å²) in [6.07, 6.45) is 16.5. The molecule has 0 atom stereocenters. The van der Waals surface area contributed by atoms with Gasteiger partial charge in [0.15, 0.2) is 0 Å². The molecule has 6 rings (SSSR count). The van der Waals surface area contributed by atoms with E-state index in [9.17, 15) is 0 Å². The molecule has 0 radical (unpaired) electrons. The van der Waals surface area contributed by atoms with Crippen molar-refractivity contribution >= 4 is 21.5 Å². The van der Waals surface area contributed by atoms with Crippen LogP contribution in [0.4, 0.5) is 0 Å². The molecule has 0 amide bonds. The normalized spacial score (nSPS) is 12.0. The molecule has 0 unspecified atom stereocenters. The Morgan fingerprint density at radius 2 is 0.972 bits per heavy atom. The third kappa shape index (κ3) is 13.0. The largest absolute Gasteiger partial charge is 2.00 e. The molecule has 0 aromatic heterocycles. The molecular formula is C32H32Cl2Zr2-2. The molecule has 4 aromatic carbocycles. The Kier molecular flexibility index (Phi) is 20.6. The molecule has 184 valence electrons. The molecule has 36 heavy (non-hydrogen) atoms. The molecule has 0 heterocycles. The predicted octanol–water partition coefficient (Wildman–Crippen LogP) is 3.13. The number of rotatable bonds is 0. The van der Waals surface area contributed by atoms with Crippen molar-refractivity contribution in [3.63, 3.8) is 0 Å². The van der Waals surface area contributed by atoms with Gasteiger partial charge >= 0.3 is 52.4 Å². The summed E-state index contributed by atoms with van der Waals surface area (Å²) in [4.78, 5) is 0. The fraction of sp³-hybridized carbons (Fsp3) is 0.188. The van der Waals surface area contributed by atoms with Crippen molar-refractivity contribution in [2.75, 3.05) is 0 Å². The number of hydrogen-bond acceptors (Lipinski definition) is 0. The van der Waals surface area contributed by atoms with Crippen LogP contribution in [-0.2, 0) is 52.4 Å². The molecule has 4 aromatic rings. The third-order valence-electron chi connectivity index (χ3n) is 5.33. The maximum Gasteiger partial charge on any atom is 2.00 e. The fourth-order valence-corrected chi connectivity index (χ4v) is 3.49. The van der Waals surface area contributed by atoms with Gasteiger partial charge in [-0.25, -0.2) is 23.3 Å². The summed E-state index contributed by atoms with van der Waals surface area (Å²) < 4.78 is 0. The third-order valence-corrected chi connectivity index (χ3v) is 5.33.